The molecular weight excluding hydrogens is 195 g/mol. The van der Waals surface area contributed by atoms with Crippen LogP contribution in [0.5, 0.6) is 0 Å². The van der Waals surface area contributed by atoms with Crippen LogP contribution in [0.2, 0.25) is 0 Å². The highest BCUT2D eigenvalue weighted by molar-refractivity contribution is 5.85. The summed E-state index contributed by atoms with van der Waals surface area (Å²) < 4.78 is 41.0. The number of rotatable bonds is 0. The van der Waals surface area contributed by atoms with E-state index in [9.17, 15) is 13.2 Å². The normalized spacial score (nSPS) is 39.8. The van der Waals surface area contributed by atoms with Gasteiger partial charge in [-0.15, -0.1) is 12.4 Å². The molecule has 1 N–H and O–H groups in total. The summed E-state index contributed by atoms with van der Waals surface area (Å²) in [5.41, 5.74) is 0. The van der Waals surface area contributed by atoms with E-state index in [1.807, 2.05) is 0 Å². The maximum atomic E-state index is 12.0. The molecule has 0 aromatic heterocycles. The molecule has 0 amide bonds. The lowest BCUT2D eigenvalue weighted by molar-refractivity contribution is -0.156. The van der Waals surface area contributed by atoms with Crippen molar-refractivity contribution in [3.05, 3.63) is 0 Å². The molecule has 3 atom stereocenters. The molecule has 1 aliphatic carbocycles. The quantitative estimate of drug-likeness (QED) is 0.633. The second-order valence-electron chi connectivity index (χ2n) is 2.88. The number of morpholine rings is 1. The van der Waals surface area contributed by atoms with Crippen LogP contribution in [-0.4, -0.2) is 31.5 Å². The third-order valence-electron chi connectivity index (χ3n) is 2.12. The summed E-state index contributed by atoms with van der Waals surface area (Å²) in [6.07, 6.45) is -4.70. The van der Waals surface area contributed by atoms with Crippen LogP contribution in [0.25, 0.3) is 0 Å². The third-order valence-corrected chi connectivity index (χ3v) is 2.12. The fourth-order valence-electron chi connectivity index (χ4n) is 1.54. The Morgan fingerprint density at radius 3 is 2.42 bits per heavy atom. The lowest BCUT2D eigenvalue weighted by Gasteiger charge is -2.09. The highest BCUT2D eigenvalue weighted by Crippen LogP contribution is 2.47. The number of nitrogens with one attached hydrogen (secondary N) is 1. The number of halogens is 4. The lowest BCUT2D eigenvalue weighted by atomic mass is 10.4. The highest BCUT2D eigenvalue weighted by Gasteiger charge is 2.66. The molecule has 12 heavy (non-hydrogen) atoms. The van der Waals surface area contributed by atoms with E-state index in [0.717, 1.165) is 0 Å². The summed E-state index contributed by atoms with van der Waals surface area (Å²) in [4.78, 5) is 0. The van der Waals surface area contributed by atoms with E-state index >= 15 is 0 Å². The van der Waals surface area contributed by atoms with Crippen LogP contribution in [0.3, 0.4) is 0 Å². The fraction of sp³-hybridized carbons (Fsp3) is 1.00. The fourth-order valence-corrected chi connectivity index (χ4v) is 1.54. The molecule has 1 heterocycles. The van der Waals surface area contributed by atoms with E-state index < -0.39 is 24.2 Å². The zero-order valence-electron chi connectivity index (χ0n) is 6.10. The van der Waals surface area contributed by atoms with Gasteiger partial charge in [0.1, 0.15) is 5.92 Å². The first kappa shape index (κ1) is 10.1. The molecule has 2 nitrogen and oxygen atoms in total. The molecule has 6 heteroatoms. The number of alkyl halides is 3. The van der Waals surface area contributed by atoms with Crippen molar-refractivity contribution in [3.63, 3.8) is 0 Å². The predicted octanol–water partition coefficient (Wildman–Crippen LogP) is 0.957. The maximum absolute atomic E-state index is 12.0. The molecule has 1 saturated carbocycles. The zero-order chi connectivity index (χ0) is 8.06. The smallest absolute Gasteiger partial charge is 0.375 e. The molecule has 1 saturated heterocycles. The summed E-state index contributed by atoms with van der Waals surface area (Å²) in [5, 5.41) is 2.77. The van der Waals surface area contributed by atoms with E-state index in [1.165, 1.54) is 0 Å². The average Bonchev–Trinajstić information content (AvgIpc) is 2.58. The molecule has 2 rings (SSSR count). The minimum absolute atomic E-state index is 0. The Morgan fingerprint density at radius 1 is 1.33 bits per heavy atom. The van der Waals surface area contributed by atoms with Gasteiger partial charge in [0.15, 0.2) is 0 Å². The van der Waals surface area contributed by atoms with Crippen molar-refractivity contribution in [2.45, 2.75) is 18.3 Å². The van der Waals surface area contributed by atoms with Crippen LogP contribution in [-0.2, 0) is 4.74 Å². The molecule has 2 aliphatic rings. The Kier molecular flexibility index (Phi) is 2.56. The zero-order valence-corrected chi connectivity index (χ0v) is 6.91. The van der Waals surface area contributed by atoms with Crippen molar-refractivity contribution in [1.82, 2.24) is 5.32 Å². The van der Waals surface area contributed by atoms with E-state index in [-0.39, 0.29) is 12.4 Å². The van der Waals surface area contributed by atoms with Crippen molar-refractivity contribution in [2.75, 3.05) is 13.2 Å². The molecule has 0 unspecified atom stereocenters. The minimum Gasteiger partial charge on any atom is -0.375 e. The maximum Gasteiger partial charge on any atom is 0.395 e. The molecule has 72 valence electrons. The summed E-state index contributed by atoms with van der Waals surface area (Å²) in [5.74, 6) is -1.26. The van der Waals surface area contributed by atoms with Crippen LogP contribution in [0.1, 0.15) is 0 Å². The highest BCUT2D eigenvalue weighted by atomic mass is 35.5. The third kappa shape index (κ3) is 1.53. The Hall–Kier alpha value is -0.0000000000000000416. The second kappa shape index (κ2) is 3.05. The van der Waals surface area contributed by atoms with Gasteiger partial charge in [-0.05, 0) is 0 Å². The van der Waals surface area contributed by atoms with Crippen LogP contribution < -0.4 is 5.32 Å². The Balaban J connectivity index is 0.000000720. The Morgan fingerprint density at radius 2 is 2.00 bits per heavy atom. The summed E-state index contributed by atoms with van der Waals surface area (Å²) in [7, 11) is 0. The van der Waals surface area contributed by atoms with Gasteiger partial charge in [-0.2, -0.15) is 13.2 Å². The standard InChI is InChI=1S/C6H8F3NO.ClH/c7-6(8,9)3-4-5(3)11-2-1-10-4;/h3-5,10H,1-2H2;1H/t3-,4+,5-;/m1./s1. The monoisotopic (exact) mass is 203 g/mol. The van der Waals surface area contributed by atoms with Crippen LogP contribution in [0, 0.1) is 5.92 Å². The van der Waals surface area contributed by atoms with Gasteiger partial charge in [0, 0.05) is 12.6 Å². The van der Waals surface area contributed by atoms with Crippen molar-refractivity contribution in [2.24, 2.45) is 5.92 Å². The Bertz CT molecular complexity index is 163. The number of ether oxygens (including phenoxy) is 1. The van der Waals surface area contributed by atoms with Gasteiger partial charge in [-0.1, -0.05) is 0 Å². The molecule has 0 bridgehead atoms. The molecule has 0 aromatic rings. The largest absolute Gasteiger partial charge is 0.395 e. The number of fused-ring (bicyclic) bond motifs is 1. The average molecular weight is 204 g/mol. The summed E-state index contributed by atoms with van der Waals surface area (Å²) in [6, 6.07) is -0.469. The first-order valence-corrected chi connectivity index (χ1v) is 3.52. The van der Waals surface area contributed by atoms with Gasteiger partial charge in [-0.3, -0.25) is 0 Å². The van der Waals surface area contributed by atoms with E-state index in [4.69, 9.17) is 4.74 Å². The van der Waals surface area contributed by atoms with Crippen molar-refractivity contribution in [3.8, 4) is 0 Å². The van der Waals surface area contributed by atoms with Gasteiger partial charge in [0.05, 0.1) is 12.7 Å². The van der Waals surface area contributed by atoms with E-state index in [0.29, 0.717) is 13.2 Å². The predicted molar refractivity (Wildman–Crippen MR) is 38.3 cm³/mol. The van der Waals surface area contributed by atoms with Gasteiger partial charge >= 0.3 is 6.18 Å². The SMILES string of the molecule is Cl.FC(F)(F)[C@@H]1[C@@H]2NCCO[C@@H]21. The van der Waals surface area contributed by atoms with Crippen LogP contribution in [0.4, 0.5) is 13.2 Å². The Labute approximate surface area is 73.9 Å². The molecule has 0 spiro atoms. The molecule has 2 fully saturated rings. The second-order valence-corrected chi connectivity index (χ2v) is 2.88. The first-order valence-electron chi connectivity index (χ1n) is 3.52. The lowest BCUT2D eigenvalue weighted by Crippen LogP contribution is -2.31. The minimum atomic E-state index is -4.09. The van der Waals surface area contributed by atoms with Crippen molar-refractivity contribution < 1.29 is 17.9 Å². The van der Waals surface area contributed by atoms with E-state index in [2.05, 4.69) is 5.32 Å². The van der Waals surface area contributed by atoms with E-state index in [1.54, 1.807) is 0 Å². The first-order chi connectivity index (χ1) is 5.11. The van der Waals surface area contributed by atoms with Crippen LogP contribution >= 0.6 is 12.4 Å². The van der Waals surface area contributed by atoms with Gasteiger partial charge in [0.25, 0.3) is 0 Å². The summed E-state index contributed by atoms with van der Waals surface area (Å²) in [6.45, 7) is 0.932. The molecular formula is C6H9ClF3NO. The van der Waals surface area contributed by atoms with Gasteiger partial charge in [0.2, 0.25) is 0 Å². The molecule has 0 aromatic carbocycles. The van der Waals surface area contributed by atoms with Crippen molar-refractivity contribution >= 4 is 12.4 Å². The van der Waals surface area contributed by atoms with Crippen molar-refractivity contribution in [1.29, 1.82) is 0 Å². The van der Waals surface area contributed by atoms with Crippen LogP contribution in [0.15, 0.2) is 0 Å². The topological polar surface area (TPSA) is 21.3 Å². The molecule has 1 aliphatic heterocycles. The number of hydrogen-bond acceptors (Lipinski definition) is 2. The number of hydrogen-bond donors (Lipinski definition) is 1. The van der Waals surface area contributed by atoms with Gasteiger partial charge < -0.3 is 10.1 Å². The summed E-state index contributed by atoms with van der Waals surface area (Å²) >= 11 is 0. The van der Waals surface area contributed by atoms with Gasteiger partial charge in [-0.25, -0.2) is 0 Å². The molecule has 0 radical (unpaired) electrons.